The van der Waals surface area contributed by atoms with E-state index in [9.17, 15) is 0 Å². The van der Waals surface area contributed by atoms with Crippen LogP contribution in [-0.2, 0) is 9.47 Å². The molecule has 0 aliphatic carbocycles. The molecule has 0 spiro atoms. The molecule has 2 heterocycles. The summed E-state index contributed by atoms with van der Waals surface area (Å²) in [7, 11) is 2.20. The zero-order valence-corrected chi connectivity index (χ0v) is 10.5. The first-order valence-electron chi connectivity index (χ1n) is 6.41. The molecule has 0 aromatic rings. The molecule has 16 heavy (non-hydrogen) atoms. The number of likely N-dealkylation sites (N-methyl/N-ethyl adjacent to an activating group) is 1. The fourth-order valence-electron chi connectivity index (χ4n) is 2.48. The van der Waals surface area contributed by atoms with Gasteiger partial charge in [-0.15, -0.1) is 0 Å². The lowest BCUT2D eigenvalue weighted by atomic mass is 10.2. The Morgan fingerprint density at radius 2 is 1.94 bits per heavy atom. The lowest BCUT2D eigenvalue weighted by molar-refractivity contribution is -0.183. The predicted octanol–water partition coefficient (Wildman–Crippen LogP) is 0.775. The molecule has 4 heteroatoms. The second kappa shape index (κ2) is 5.96. The van der Waals surface area contributed by atoms with Gasteiger partial charge in [0.15, 0.2) is 6.29 Å². The largest absolute Gasteiger partial charge is 0.353 e. The summed E-state index contributed by atoms with van der Waals surface area (Å²) >= 11 is 0. The van der Waals surface area contributed by atoms with Crippen molar-refractivity contribution in [3.63, 3.8) is 0 Å². The fraction of sp³-hybridized carbons (Fsp3) is 1.00. The molecule has 94 valence electrons. The van der Waals surface area contributed by atoms with Gasteiger partial charge in [-0.05, 0) is 20.4 Å². The molecule has 4 nitrogen and oxygen atoms in total. The highest BCUT2D eigenvalue weighted by Gasteiger charge is 2.23. The Morgan fingerprint density at radius 3 is 2.62 bits per heavy atom. The number of ether oxygens (including phenoxy) is 2. The van der Waals surface area contributed by atoms with E-state index in [2.05, 4.69) is 23.8 Å². The number of hydrogen-bond acceptors (Lipinski definition) is 4. The van der Waals surface area contributed by atoms with Crippen LogP contribution in [0, 0.1) is 0 Å². The van der Waals surface area contributed by atoms with E-state index in [1.807, 2.05) is 0 Å². The maximum atomic E-state index is 5.57. The Morgan fingerprint density at radius 1 is 1.19 bits per heavy atom. The molecule has 0 aromatic heterocycles. The molecule has 2 aliphatic rings. The summed E-state index contributed by atoms with van der Waals surface area (Å²) in [6, 6.07) is 0.655. The number of piperazine rings is 1. The molecule has 0 saturated carbocycles. The minimum atomic E-state index is 0.0422. The normalized spacial score (nSPS) is 30.8. The van der Waals surface area contributed by atoms with Crippen molar-refractivity contribution in [1.29, 1.82) is 0 Å². The number of hydrogen-bond donors (Lipinski definition) is 0. The van der Waals surface area contributed by atoms with Crippen LogP contribution in [0.3, 0.4) is 0 Å². The van der Waals surface area contributed by atoms with Gasteiger partial charge in [0.25, 0.3) is 0 Å². The summed E-state index contributed by atoms with van der Waals surface area (Å²) in [6.07, 6.45) is 2.09. The van der Waals surface area contributed by atoms with Crippen molar-refractivity contribution >= 4 is 0 Å². The molecule has 1 unspecified atom stereocenters. The summed E-state index contributed by atoms with van der Waals surface area (Å²) in [5.74, 6) is 0. The summed E-state index contributed by atoms with van der Waals surface area (Å²) in [5, 5.41) is 0. The maximum Gasteiger partial charge on any atom is 0.158 e. The highest BCUT2D eigenvalue weighted by molar-refractivity contribution is 4.77. The van der Waals surface area contributed by atoms with E-state index in [-0.39, 0.29) is 6.29 Å². The molecule has 0 bridgehead atoms. The molecular weight excluding hydrogens is 204 g/mol. The molecule has 1 atom stereocenters. The fourth-order valence-corrected chi connectivity index (χ4v) is 2.48. The third-order valence-corrected chi connectivity index (χ3v) is 3.52. The first-order chi connectivity index (χ1) is 7.75. The average Bonchev–Trinajstić information content (AvgIpc) is 2.29. The van der Waals surface area contributed by atoms with Gasteiger partial charge >= 0.3 is 0 Å². The monoisotopic (exact) mass is 228 g/mol. The van der Waals surface area contributed by atoms with Crippen LogP contribution in [0.1, 0.15) is 19.8 Å². The molecule has 2 aliphatic heterocycles. The Balaban J connectivity index is 1.68. The average molecular weight is 228 g/mol. The van der Waals surface area contributed by atoms with Crippen LogP contribution < -0.4 is 0 Å². The molecule has 0 aromatic carbocycles. The standard InChI is InChI=1S/C12H24N2O2/c1-11-10-13(2)6-7-14(11)5-4-12-15-8-3-9-16-12/h11-12H,3-10H2,1-2H3. The van der Waals surface area contributed by atoms with Crippen LogP contribution >= 0.6 is 0 Å². The van der Waals surface area contributed by atoms with E-state index in [1.54, 1.807) is 0 Å². The first-order valence-corrected chi connectivity index (χ1v) is 6.41. The van der Waals surface area contributed by atoms with E-state index in [4.69, 9.17) is 9.47 Å². The van der Waals surface area contributed by atoms with Gasteiger partial charge in [0.05, 0.1) is 13.2 Å². The molecule has 0 amide bonds. The highest BCUT2D eigenvalue weighted by atomic mass is 16.7. The Labute approximate surface area is 98.5 Å². The van der Waals surface area contributed by atoms with Gasteiger partial charge in [0.1, 0.15) is 0 Å². The minimum Gasteiger partial charge on any atom is -0.353 e. The van der Waals surface area contributed by atoms with Gasteiger partial charge in [0, 0.05) is 38.6 Å². The smallest absolute Gasteiger partial charge is 0.158 e. The van der Waals surface area contributed by atoms with Crippen molar-refractivity contribution in [2.75, 3.05) is 46.4 Å². The molecule has 2 fully saturated rings. The lowest BCUT2D eigenvalue weighted by Gasteiger charge is -2.38. The third-order valence-electron chi connectivity index (χ3n) is 3.52. The van der Waals surface area contributed by atoms with E-state index in [1.165, 1.54) is 19.6 Å². The summed E-state index contributed by atoms with van der Waals surface area (Å²) in [6.45, 7) is 8.65. The van der Waals surface area contributed by atoms with Crippen LogP contribution in [0.15, 0.2) is 0 Å². The molecular formula is C12H24N2O2. The Hall–Kier alpha value is -0.160. The van der Waals surface area contributed by atoms with Crippen LogP contribution in [0.2, 0.25) is 0 Å². The van der Waals surface area contributed by atoms with Crippen molar-refractivity contribution in [3.8, 4) is 0 Å². The van der Waals surface area contributed by atoms with Crippen molar-refractivity contribution in [2.45, 2.75) is 32.1 Å². The molecule has 0 N–H and O–H groups in total. The van der Waals surface area contributed by atoms with Gasteiger partial charge in [-0.2, -0.15) is 0 Å². The first kappa shape index (κ1) is 12.3. The molecule has 2 rings (SSSR count). The lowest BCUT2D eigenvalue weighted by Crippen LogP contribution is -2.51. The van der Waals surface area contributed by atoms with E-state index < -0.39 is 0 Å². The minimum absolute atomic E-state index is 0.0422. The zero-order valence-electron chi connectivity index (χ0n) is 10.5. The Kier molecular flexibility index (Phi) is 4.58. The molecule has 2 saturated heterocycles. The van der Waals surface area contributed by atoms with Crippen LogP contribution in [-0.4, -0.2) is 68.6 Å². The molecule has 0 radical (unpaired) electrons. The predicted molar refractivity (Wildman–Crippen MR) is 63.5 cm³/mol. The van der Waals surface area contributed by atoms with Crippen LogP contribution in [0.4, 0.5) is 0 Å². The van der Waals surface area contributed by atoms with Crippen LogP contribution in [0.25, 0.3) is 0 Å². The van der Waals surface area contributed by atoms with Crippen molar-refractivity contribution < 1.29 is 9.47 Å². The Bertz CT molecular complexity index is 207. The second-order valence-electron chi connectivity index (χ2n) is 4.96. The van der Waals surface area contributed by atoms with E-state index in [0.717, 1.165) is 32.6 Å². The van der Waals surface area contributed by atoms with Gasteiger partial charge in [-0.25, -0.2) is 0 Å². The quantitative estimate of drug-likeness (QED) is 0.712. The summed E-state index contributed by atoms with van der Waals surface area (Å²) < 4.78 is 11.1. The maximum absolute atomic E-state index is 5.57. The van der Waals surface area contributed by atoms with Gasteiger partial charge in [-0.3, -0.25) is 4.90 Å². The topological polar surface area (TPSA) is 24.9 Å². The second-order valence-corrected chi connectivity index (χ2v) is 4.96. The third kappa shape index (κ3) is 3.42. The van der Waals surface area contributed by atoms with Crippen molar-refractivity contribution in [2.24, 2.45) is 0 Å². The number of nitrogens with zero attached hydrogens (tertiary/aromatic N) is 2. The van der Waals surface area contributed by atoms with Gasteiger partial charge in [-0.1, -0.05) is 0 Å². The summed E-state index contributed by atoms with van der Waals surface area (Å²) in [4.78, 5) is 4.94. The highest BCUT2D eigenvalue weighted by Crippen LogP contribution is 2.13. The zero-order chi connectivity index (χ0) is 11.4. The van der Waals surface area contributed by atoms with E-state index >= 15 is 0 Å². The number of rotatable bonds is 3. The SMILES string of the molecule is CC1CN(C)CCN1CCC1OCCCO1. The summed E-state index contributed by atoms with van der Waals surface area (Å²) in [5.41, 5.74) is 0. The van der Waals surface area contributed by atoms with E-state index in [0.29, 0.717) is 6.04 Å². The van der Waals surface area contributed by atoms with Gasteiger partial charge < -0.3 is 14.4 Å². The van der Waals surface area contributed by atoms with Crippen molar-refractivity contribution in [3.05, 3.63) is 0 Å². The van der Waals surface area contributed by atoms with Gasteiger partial charge in [0.2, 0.25) is 0 Å². The van der Waals surface area contributed by atoms with Crippen molar-refractivity contribution in [1.82, 2.24) is 9.80 Å². The van der Waals surface area contributed by atoms with Crippen LogP contribution in [0.5, 0.6) is 0 Å².